The van der Waals surface area contributed by atoms with Gasteiger partial charge in [-0.2, -0.15) is 0 Å². The molecule has 0 spiro atoms. The van der Waals surface area contributed by atoms with Crippen LogP contribution in [0.25, 0.3) is 0 Å². The molecule has 0 bridgehead atoms. The average molecular weight is 334 g/mol. The Balaban J connectivity index is 2.23. The number of carboxylic acids is 1. The molecule has 1 unspecified atom stereocenters. The van der Waals surface area contributed by atoms with E-state index in [1.807, 2.05) is 6.92 Å². The van der Waals surface area contributed by atoms with Crippen molar-refractivity contribution in [2.45, 2.75) is 13.0 Å². The summed E-state index contributed by atoms with van der Waals surface area (Å²) < 4.78 is 6.00. The highest BCUT2D eigenvalue weighted by Crippen LogP contribution is 2.29. The van der Waals surface area contributed by atoms with Crippen LogP contribution in [-0.4, -0.2) is 47.7 Å². The van der Waals surface area contributed by atoms with Gasteiger partial charge in [0, 0.05) is 6.54 Å². The van der Waals surface area contributed by atoms with Gasteiger partial charge >= 0.3 is 5.97 Å². The Kier molecular flexibility index (Phi) is 4.04. The van der Waals surface area contributed by atoms with Gasteiger partial charge in [-0.05, 0) is 34.5 Å². The lowest BCUT2D eigenvalue weighted by molar-refractivity contribution is -0.147. The second-order valence-electron chi connectivity index (χ2n) is 3.99. The van der Waals surface area contributed by atoms with Crippen LogP contribution in [0.15, 0.2) is 9.85 Å². The number of morpholine rings is 1. The largest absolute Gasteiger partial charge is 0.480 e. The summed E-state index contributed by atoms with van der Waals surface area (Å²) in [7, 11) is 0. The Bertz CT molecular complexity index is 468. The van der Waals surface area contributed by atoms with Gasteiger partial charge in [0.05, 0.1) is 21.9 Å². The first-order chi connectivity index (χ1) is 8.50. The third kappa shape index (κ3) is 2.57. The average Bonchev–Trinajstić information content (AvgIpc) is 2.68. The van der Waals surface area contributed by atoms with Crippen molar-refractivity contribution in [3.8, 4) is 0 Å². The van der Waals surface area contributed by atoms with Gasteiger partial charge in [-0.15, -0.1) is 11.3 Å². The maximum absolute atomic E-state index is 12.3. The zero-order valence-electron chi connectivity index (χ0n) is 9.68. The van der Waals surface area contributed by atoms with Crippen LogP contribution < -0.4 is 0 Å². The molecule has 5 nitrogen and oxygen atoms in total. The molecule has 2 heterocycles. The summed E-state index contributed by atoms with van der Waals surface area (Å²) in [5.41, 5.74) is 0.975. The number of hydrogen-bond acceptors (Lipinski definition) is 4. The fourth-order valence-corrected chi connectivity index (χ4v) is 3.25. The Morgan fingerprint density at radius 1 is 1.61 bits per heavy atom. The maximum Gasteiger partial charge on any atom is 0.328 e. The van der Waals surface area contributed by atoms with Gasteiger partial charge < -0.3 is 14.7 Å². The van der Waals surface area contributed by atoms with Crippen LogP contribution in [0.5, 0.6) is 0 Å². The van der Waals surface area contributed by atoms with E-state index in [4.69, 9.17) is 9.84 Å². The monoisotopic (exact) mass is 333 g/mol. The first-order valence-electron chi connectivity index (χ1n) is 5.38. The van der Waals surface area contributed by atoms with Crippen LogP contribution in [0, 0.1) is 6.92 Å². The summed E-state index contributed by atoms with van der Waals surface area (Å²) in [6.45, 7) is 2.63. The summed E-state index contributed by atoms with van der Waals surface area (Å²) in [4.78, 5) is 25.3. The van der Waals surface area contributed by atoms with Gasteiger partial charge in [-0.3, -0.25) is 4.79 Å². The molecular weight excluding hydrogens is 322 g/mol. The minimum Gasteiger partial charge on any atom is -0.480 e. The fraction of sp³-hybridized carbons (Fsp3) is 0.455. The third-order valence-corrected chi connectivity index (χ3v) is 4.87. The van der Waals surface area contributed by atoms with E-state index in [-0.39, 0.29) is 12.5 Å². The molecule has 2 rings (SSSR count). The predicted octanol–water partition coefficient (Wildman–Crippen LogP) is 1.74. The van der Waals surface area contributed by atoms with E-state index < -0.39 is 12.0 Å². The highest BCUT2D eigenvalue weighted by atomic mass is 79.9. The number of rotatable bonds is 2. The highest BCUT2D eigenvalue weighted by molar-refractivity contribution is 9.11. The van der Waals surface area contributed by atoms with Gasteiger partial charge in [0.25, 0.3) is 5.91 Å². The number of aryl methyl sites for hydroxylation is 1. The van der Waals surface area contributed by atoms with Crippen molar-refractivity contribution in [2.24, 2.45) is 0 Å². The molecule has 7 heteroatoms. The molecule has 1 N–H and O–H groups in total. The molecule has 0 radical (unpaired) electrons. The number of nitrogens with zero attached hydrogens (tertiary/aromatic N) is 1. The van der Waals surface area contributed by atoms with Crippen LogP contribution in [0.4, 0.5) is 0 Å². The second kappa shape index (κ2) is 5.38. The second-order valence-corrected chi connectivity index (χ2v) is 6.36. The van der Waals surface area contributed by atoms with E-state index in [0.717, 1.165) is 9.35 Å². The molecular formula is C11H12BrNO4S. The number of ether oxygens (including phenoxy) is 1. The van der Waals surface area contributed by atoms with Crippen LogP contribution in [0.3, 0.4) is 0 Å². The highest BCUT2D eigenvalue weighted by Gasteiger charge is 2.33. The summed E-state index contributed by atoms with van der Waals surface area (Å²) in [6, 6.07) is 0.873. The zero-order valence-corrected chi connectivity index (χ0v) is 12.1. The van der Waals surface area contributed by atoms with E-state index in [2.05, 4.69) is 15.9 Å². The molecule has 1 fully saturated rings. The van der Waals surface area contributed by atoms with E-state index in [9.17, 15) is 9.59 Å². The quantitative estimate of drug-likeness (QED) is 0.895. The molecule has 0 saturated carbocycles. The number of halogens is 1. The molecule has 1 aliphatic heterocycles. The van der Waals surface area contributed by atoms with E-state index in [1.165, 1.54) is 16.2 Å². The molecule has 1 saturated heterocycles. The number of aliphatic carboxylic acids is 1. The van der Waals surface area contributed by atoms with Crippen LogP contribution in [-0.2, 0) is 9.53 Å². The SMILES string of the molecule is Cc1cc(C(=O)N2CCOCC2C(=O)O)sc1Br. The van der Waals surface area contributed by atoms with E-state index in [1.54, 1.807) is 6.07 Å². The van der Waals surface area contributed by atoms with Gasteiger partial charge in [-0.1, -0.05) is 0 Å². The molecule has 98 valence electrons. The van der Waals surface area contributed by atoms with Crippen LogP contribution >= 0.6 is 27.3 Å². The summed E-state index contributed by atoms with van der Waals surface area (Å²) >= 11 is 4.68. The Morgan fingerprint density at radius 2 is 2.33 bits per heavy atom. The minimum atomic E-state index is -1.03. The number of carbonyl (C=O) groups excluding carboxylic acids is 1. The van der Waals surface area contributed by atoms with Crippen molar-refractivity contribution < 1.29 is 19.4 Å². The summed E-state index contributed by atoms with van der Waals surface area (Å²) in [6.07, 6.45) is 0. The first-order valence-corrected chi connectivity index (χ1v) is 6.99. The molecule has 1 amide bonds. The normalized spacial score (nSPS) is 19.9. The van der Waals surface area contributed by atoms with Crippen molar-refractivity contribution in [3.05, 3.63) is 20.3 Å². The van der Waals surface area contributed by atoms with Crippen molar-refractivity contribution in [2.75, 3.05) is 19.8 Å². The van der Waals surface area contributed by atoms with Gasteiger partial charge in [0.15, 0.2) is 6.04 Å². The molecule has 18 heavy (non-hydrogen) atoms. The molecule has 0 aliphatic carbocycles. The van der Waals surface area contributed by atoms with Gasteiger partial charge in [0.1, 0.15) is 0 Å². The van der Waals surface area contributed by atoms with Gasteiger partial charge in [-0.25, -0.2) is 4.79 Å². The Labute approximate surface area is 116 Å². The van der Waals surface area contributed by atoms with Gasteiger partial charge in [0.2, 0.25) is 0 Å². The number of amides is 1. The standard InChI is InChI=1S/C11H12BrNO4S/c1-6-4-8(18-9(6)12)10(14)13-2-3-17-5-7(13)11(15)16/h4,7H,2-3,5H2,1H3,(H,15,16). The Hall–Kier alpha value is -0.920. The van der Waals surface area contributed by atoms with Crippen LogP contribution in [0.2, 0.25) is 0 Å². The number of hydrogen-bond donors (Lipinski definition) is 1. The molecule has 0 aromatic carbocycles. The third-order valence-electron chi connectivity index (χ3n) is 2.74. The van der Waals surface area contributed by atoms with E-state index in [0.29, 0.717) is 18.0 Å². The number of carboxylic acid groups (broad SMARTS) is 1. The van der Waals surface area contributed by atoms with Crippen molar-refractivity contribution in [3.63, 3.8) is 0 Å². The first kappa shape index (κ1) is 13.5. The molecule has 1 aromatic heterocycles. The van der Waals surface area contributed by atoms with Crippen molar-refractivity contribution >= 4 is 39.1 Å². The number of carbonyl (C=O) groups is 2. The van der Waals surface area contributed by atoms with E-state index >= 15 is 0 Å². The predicted molar refractivity (Wildman–Crippen MR) is 70.0 cm³/mol. The maximum atomic E-state index is 12.3. The lowest BCUT2D eigenvalue weighted by atomic mass is 10.2. The zero-order chi connectivity index (χ0) is 13.3. The smallest absolute Gasteiger partial charge is 0.328 e. The molecule has 1 aliphatic rings. The number of thiophene rings is 1. The minimum absolute atomic E-state index is 0.0482. The Morgan fingerprint density at radius 3 is 2.89 bits per heavy atom. The molecule has 1 atom stereocenters. The van der Waals surface area contributed by atoms with Crippen molar-refractivity contribution in [1.82, 2.24) is 4.90 Å². The van der Waals surface area contributed by atoms with Crippen molar-refractivity contribution in [1.29, 1.82) is 0 Å². The summed E-state index contributed by atoms with van der Waals surface area (Å²) in [5, 5.41) is 9.08. The lowest BCUT2D eigenvalue weighted by Crippen LogP contribution is -2.52. The lowest BCUT2D eigenvalue weighted by Gasteiger charge is -2.32. The fourth-order valence-electron chi connectivity index (χ4n) is 1.76. The topological polar surface area (TPSA) is 66.8 Å². The summed E-state index contributed by atoms with van der Waals surface area (Å²) in [5.74, 6) is -1.28. The molecule has 1 aromatic rings. The van der Waals surface area contributed by atoms with Crippen LogP contribution in [0.1, 0.15) is 15.2 Å².